The first-order chi connectivity index (χ1) is 5.67. The maximum atomic E-state index is 5.62. The molecule has 2 heteroatoms. The minimum Gasteiger partial charge on any atom is -0.375 e. The highest BCUT2D eigenvalue weighted by molar-refractivity contribution is 4.84. The molecule has 1 saturated heterocycles. The van der Waals surface area contributed by atoms with Crippen LogP contribution in [0.25, 0.3) is 0 Å². The van der Waals surface area contributed by atoms with Crippen molar-refractivity contribution in [3.63, 3.8) is 0 Å². The van der Waals surface area contributed by atoms with Crippen molar-refractivity contribution >= 4 is 0 Å². The Balaban J connectivity index is 2.39. The first-order valence-electron chi connectivity index (χ1n) is 4.53. The third kappa shape index (κ3) is 2.32. The van der Waals surface area contributed by atoms with E-state index in [0.29, 0.717) is 6.61 Å². The Morgan fingerprint density at radius 1 is 1.67 bits per heavy atom. The van der Waals surface area contributed by atoms with Gasteiger partial charge in [-0.1, -0.05) is 6.08 Å². The molecule has 0 bridgehead atoms. The summed E-state index contributed by atoms with van der Waals surface area (Å²) in [6.07, 6.45) is 4.31. The van der Waals surface area contributed by atoms with Gasteiger partial charge in [-0.05, 0) is 26.7 Å². The molecule has 1 aliphatic rings. The Morgan fingerprint density at radius 2 is 2.42 bits per heavy atom. The van der Waals surface area contributed by atoms with Gasteiger partial charge < -0.3 is 9.47 Å². The van der Waals surface area contributed by atoms with E-state index in [2.05, 4.69) is 20.4 Å². The third-order valence-corrected chi connectivity index (χ3v) is 2.28. The van der Waals surface area contributed by atoms with E-state index in [1.54, 1.807) is 6.08 Å². The summed E-state index contributed by atoms with van der Waals surface area (Å²) in [6.45, 7) is 9.26. The van der Waals surface area contributed by atoms with Crippen LogP contribution in [-0.4, -0.2) is 24.9 Å². The van der Waals surface area contributed by atoms with Crippen molar-refractivity contribution in [1.82, 2.24) is 0 Å². The van der Waals surface area contributed by atoms with E-state index in [1.807, 2.05) is 0 Å². The Labute approximate surface area is 74.6 Å². The summed E-state index contributed by atoms with van der Waals surface area (Å²) in [7, 11) is 0. The zero-order valence-corrected chi connectivity index (χ0v) is 8.01. The predicted molar refractivity (Wildman–Crippen MR) is 49.2 cm³/mol. The minimum atomic E-state index is -0.162. The summed E-state index contributed by atoms with van der Waals surface area (Å²) in [5.41, 5.74) is -0.162. The van der Waals surface area contributed by atoms with Gasteiger partial charge in [0, 0.05) is 6.61 Å². The molecule has 1 atom stereocenters. The van der Waals surface area contributed by atoms with Crippen molar-refractivity contribution < 1.29 is 9.47 Å². The van der Waals surface area contributed by atoms with E-state index in [9.17, 15) is 0 Å². The molecule has 0 aromatic rings. The molecule has 0 aromatic carbocycles. The average molecular weight is 170 g/mol. The minimum absolute atomic E-state index is 0.162. The molecule has 0 radical (unpaired) electrons. The average Bonchev–Trinajstić information content (AvgIpc) is 2.53. The van der Waals surface area contributed by atoms with Crippen LogP contribution in [0, 0.1) is 0 Å². The Hall–Kier alpha value is -0.340. The Kier molecular flexibility index (Phi) is 3.29. The molecule has 0 aromatic heterocycles. The van der Waals surface area contributed by atoms with Gasteiger partial charge in [-0.15, -0.1) is 6.58 Å². The molecule has 12 heavy (non-hydrogen) atoms. The largest absolute Gasteiger partial charge is 0.375 e. The fourth-order valence-corrected chi connectivity index (χ4v) is 1.49. The molecule has 1 unspecified atom stereocenters. The summed E-state index contributed by atoms with van der Waals surface area (Å²) in [4.78, 5) is 0. The van der Waals surface area contributed by atoms with Crippen LogP contribution < -0.4 is 0 Å². The standard InChI is InChI=1S/C10H18O2/c1-4-7-12-10(2,3)9-6-5-8-11-9/h4,9H,1,5-8H2,2-3H3. The molecule has 0 amide bonds. The highest BCUT2D eigenvalue weighted by Crippen LogP contribution is 2.26. The van der Waals surface area contributed by atoms with E-state index in [0.717, 1.165) is 19.4 Å². The fraction of sp³-hybridized carbons (Fsp3) is 0.800. The van der Waals surface area contributed by atoms with Crippen LogP contribution in [0.1, 0.15) is 26.7 Å². The SMILES string of the molecule is C=CCOC(C)(C)C1CCCO1. The van der Waals surface area contributed by atoms with Crippen LogP contribution in [0.5, 0.6) is 0 Å². The van der Waals surface area contributed by atoms with Crippen molar-refractivity contribution in [2.45, 2.75) is 38.4 Å². The predicted octanol–water partition coefficient (Wildman–Crippen LogP) is 2.15. The first-order valence-corrected chi connectivity index (χ1v) is 4.53. The van der Waals surface area contributed by atoms with Gasteiger partial charge in [0.1, 0.15) is 0 Å². The lowest BCUT2D eigenvalue weighted by Gasteiger charge is -2.30. The summed E-state index contributed by atoms with van der Waals surface area (Å²) in [5, 5.41) is 0. The number of hydrogen-bond donors (Lipinski definition) is 0. The van der Waals surface area contributed by atoms with E-state index < -0.39 is 0 Å². The van der Waals surface area contributed by atoms with Crippen LogP contribution >= 0.6 is 0 Å². The molecule has 1 fully saturated rings. The summed E-state index contributed by atoms with van der Waals surface area (Å²) in [6, 6.07) is 0. The van der Waals surface area contributed by atoms with E-state index in [4.69, 9.17) is 9.47 Å². The number of hydrogen-bond acceptors (Lipinski definition) is 2. The maximum absolute atomic E-state index is 5.62. The van der Waals surface area contributed by atoms with Crippen LogP contribution in [0.15, 0.2) is 12.7 Å². The smallest absolute Gasteiger partial charge is 0.0891 e. The molecule has 70 valence electrons. The molecule has 0 spiro atoms. The van der Waals surface area contributed by atoms with Gasteiger partial charge in [0.05, 0.1) is 18.3 Å². The first kappa shape index (κ1) is 9.75. The number of ether oxygens (including phenoxy) is 2. The number of rotatable bonds is 4. The molecular formula is C10H18O2. The lowest BCUT2D eigenvalue weighted by molar-refractivity contribution is -0.0982. The second-order valence-electron chi connectivity index (χ2n) is 3.70. The molecule has 0 aliphatic carbocycles. The third-order valence-electron chi connectivity index (χ3n) is 2.28. The van der Waals surface area contributed by atoms with Gasteiger partial charge in [-0.3, -0.25) is 0 Å². The van der Waals surface area contributed by atoms with Crippen LogP contribution in [-0.2, 0) is 9.47 Å². The Bertz CT molecular complexity index is 146. The molecule has 0 saturated carbocycles. The van der Waals surface area contributed by atoms with Crippen LogP contribution in [0.4, 0.5) is 0 Å². The van der Waals surface area contributed by atoms with Crippen molar-refractivity contribution in [3.8, 4) is 0 Å². The highest BCUT2D eigenvalue weighted by Gasteiger charge is 2.33. The van der Waals surface area contributed by atoms with E-state index in [-0.39, 0.29) is 11.7 Å². The van der Waals surface area contributed by atoms with E-state index in [1.165, 1.54) is 0 Å². The zero-order chi connectivity index (χ0) is 9.03. The second kappa shape index (κ2) is 4.06. The van der Waals surface area contributed by atoms with Gasteiger partial charge in [-0.25, -0.2) is 0 Å². The van der Waals surface area contributed by atoms with Crippen LogP contribution in [0.2, 0.25) is 0 Å². The topological polar surface area (TPSA) is 18.5 Å². The molecular weight excluding hydrogens is 152 g/mol. The lowest BCUT2D eigenvalue weighted by Crippen LogP contribution is -2.38. The summed E-state index contributed by atoms with van der Waals surface area (Å²) < 4.78 is 11.2. The van der Waals surface area contributed by atoms with Gasteiger partial charge in [0.15, 0.2) is 0 Å². The summed E-state index contributed by atoms with van der Waals surface area (Å²) in [5.74, 6) is 0. The molecule has 1 heterocycles. The van der Waals surface area contributed by atoms with Gasteiger partial charge in [-0.2, -0.15) is 0 Å². The molecule has 1 aliphatic heterocycles. The highest BCUT2D eigenvalue weighted by atomic mass is 16.6. The normalized spacial score (nSPS) is 24.3. The van der Waals surface area contributed by atoms with Gasteiger partial charge in [0.25, 0.3) is 0 Å². The second-order valence-corrected chi connectivity index (χ2v) is 3.70. The van der Waals surface area contributed by atoms with Crippen molar-refractivity contribution in [3.05, 3.63) is 12.7 Å². The lowest BCUT2D eigenvalue weighted by atomic mass is 9.99. The molecule has 0 N–H and O–H groups in total. The van der Waals surface area contributed by atoms with Crippen molar-refractivity contribution in [1.29, 1.82) is 0 Å². The maximum Gasteiger partial charge on any atom is 0.0891 e. The molecule has 1 rings (SSSR count). The molecule has 2 nitrogen and oxygen atoms in total. The summed E-state index contributed by atoms with van der Waals surface area (Å²) >= 11 is 0. The van der Waals surface area contributed by atoms with Gasteiger partial charge >= 0.3 is 0 Å². The quantitative estimate of drug-likeness (QED) is 0.602. The van der Waals surface area contributed by atoms with E-state index >= 15 is 0 Å². The van der Waals surface area contributed by atoms with Crippen molar-refractivity contribution in [2.24, 2.45) is 0 Å². The van der Waals surface area contributed by atoms with Crippen molar-refractivity contribution in [2.75, 3.05) is 13.2 Å². The van der Waals surface area contributed by atoms with Crippen LogP contribution in [0.3, 0.4) is 0 Å². The Morgan fingerprint density at radius 3 is 2.92 bits per heavy atom. The van der Waals surface area contributed by atoms with Gasteiger partial charge in [0.2, 0.25) is 0 Å². The zero-order valence-electron chi connectivity index (χ0n) is 8.01. The monoisotopic (exact) mass is 170 g/mol. The fourth-order valence-electron chi connectivity index (χ4n) is 1.49.